The number of hydrogen-bond acceptors (Lipinski definition) is 5. The average molecular weight is 465 g/mol. The van der Waals surface area contributed by atoms with E-state index in [1.54, 1.807) is 24.3 Å². The predicted molar refractivity (Wildman–Crippen MR) is 127 cm³/mol. The Bertz CT molecular complexity index is 1160. The molecule has 0 aliphatic carbocycles. The van der Waals surface area contributed by atoms with E-state index in [4.69, 9.17) is 16.3 Å². The van der Waals surface area contributed by atoms with E-state index in [2.05, 4.69) is 20.5 Å². The minimum atomic E-state index is -0.515. The minimum Gasteiger partial charge on any atom is -0.486 e. The van der Waals surface area contributed by atoms with E-state index >= 15 is 0 Å². The third kappa shape index (κ3) is 5.90. The van der Waals surface area contributed by atoms with E-state index < -0.39 is 5.25 Å². The van der Waals surface area contributed by atoms with E-state index in [9.17, 15) is 4.79 Å². The van der Waals surface area contributed by atoms with E-state index in [1.165, 1.54) is 11.8 Å². The number of thioether (sulfide) groups is 1. The molecule has 0 fully saturated rings. The molecule has 0 bridgehead atoms. The Hall–Kier alpha value is -3.29. The van der Waals surface area contributed by atoms with Crippen molar-refractivity contribution in [2.45, 2.75) is 23.9 Å². The normalized spacial score (nSPS) is 11.7. The van der Waals surface area contributed by atoms with Crippen LogP contribution in [0.5, 0.6) is 5.75 Å². The molecular weight excluding hydrogens is 444 g/mol. The molecule has 0 saturated carbocycles. The average Bonchev–Trinajstić information content (AvgIpc) is 3.27. The van der Waals surface area contributed by atoms with Crippen molar-refractivity contribution in [2.75, 3.05) is 5.32 Å². The summed E-state index contributed by atoms with van der Waals surface area (Å²) < 4.78 is 5.71. The number of nitrogens with zero attached hydrogens (tertiary/aromatic N) is 2. The maximum atomic E-state index is 13.1. The summed E-state index contributed by atoms with van der Waals surface area (Å²) in [6, 6.07) is 24.4. The monoisotopic (exact) mass is 464 g/mol. The second-order valence-electron chi connectivity index (χ2n) is 7.07. The van der Waals surface area contributed by atoms with E-state index in [0.29, 0.717) is 21.8 Å². The second kappa shape index (κ2) is 10.3. The number of carbonyl (C=O) groups is 1. The molecule has 1 atom stereocenters. The molecule has 6 nitrogen and oxygen atoms in total. The smallest absolute Gasteiger partial charge is 0.242 e. The third-order valence-electron chi connectivity index (χ3n) is 4.58. The summed E-state index contributed by atoms with van der Waals surface area (Å²) in [7, 11) is 0. The highest BCUT2D eigenvalue weighted by Gasteiger charge is 2.24. The highest BCUT2D eigenvalue weighted by Crippen LogP contribution is 2.34. The summed E-state index contributed by atoms with van der Waals surface area (Å²) in [6.07, 6.45) is 0. The van der Waals surface area contributed by atoms with Gasteiger partial charge in [-0.3, -0.25) is 9.89 Å². The molecule has 162 valence electrons. The molecular formula is C24H21ClN4O2S. The number of nitrogens with one attached hydrogen (secondary N) is 2. The quantitative estimate of drug-likeness (QED) is 0.321. The highest BCUT2D eigenvalue weighted by atomic mass is 35.5. The van der Waals surface area contributed by atoms with Gasteiger partial charge in [-0.25, -0.2) is 4.98 Å². The molecule has 0 spiro atoms. The number of halogens is 1. The standard InChI is InChI=1S/C24H21ClN4O2S/c1-16-7-11-19(12-8-16)26-23(30)22(17-5-3-2-4-6-17)32-24-27-21(28-29-24)15-31-20-13-9-18(25)10-14-20/h2-14,22H,15H2,1H3,(H,26,30)(H,27,28,29). The van der Waals surface area contributed by atoms with Crippen LogP contribution >= 0.6 is 23.4 Å². The predicted octanol–water partition coefficient (Wildman–Crippen LogP) is 5.82. The van der Waals surface area contributed by atoms with Crippen LogP contribution in [0.4, 0.5) is 5.69 Å². The summed E-state index contributed by atoms with van der Waals surface area (Å²) in [5.74, 6) is 1.10. The Morgan fingerprint density at radius 1 is 1.06 bits per heavy atom. The minimum absolute atomic E-state index is 0.145. The van der Waals surface area contributed by atoms with Crippen LogP contribution < -0.4 is 10.1 Å². The van der Waals surface area contributed by atoms with Crippen LogP contribution in [0, 0.1) is 6.92 Å². The molecule has 0 aliphatic heterocycles. The molecule has 1 amide bonds. The number of aromatic nitrogens is 3. The van der Waals surface area contributed by atoms with Gasteiger partial charge in [0.05, 0.1) is 0 Å². The van der Waals surface area contributed by atoms with Gasteiger partial charge in [0.25, 0.3) is 0 Å². The van der Waals surface area contributed by atoms with E-state index in [1.807, 2.05) is 61.5 Å². The Balaban J connectivity index is 1.45. The van der Waals surface area contributed by atoms with Gasteiger partial charge in [-0.05, 0) is 48.9 Å². The Kier molecular flexibility index (Phi) is 7.09. The Morgan fingerprint density at radius 3 is 2.50 bits per heavy atom. The van der Waals surface area contributed by atoms with Crippen molar-refractivity contribution < 1.29 is 9.53 Å². The van der Waals surface area contributed by atoms with Crippen LogP contribution in [0.25, 0.3) is 0 Å². The van der Waals surface area contributed by atoms with Crippen LogP contribution in [-0.4, -0.2) is 21.1 Å². The molecule has 2 N–H and O–H groups in total. The molecule has 3 aromatic carbocycles. The van der Waals surface area contributed by atoms with Gasteiger partial charge >= 0.3 is 0 Å². The number of anilines is 1. The van der Waals surface area contributed by atoms with Crippen LogP contribution in [-0.2, 0) is 11.4 Å². The molecule has 8 heteroatoms. The first-order chi connectivity index (χ1) is 15.6. The molecule has 0 saturated heterocycles. The van der Waals surface area contributed by atoms with Gasteiger partial charge < -0.3 is 10.1 Å². The van der Waals surface area contributed by atoms with Gasteiger partial charge in [-0.15, -0.1) is 5.10 Å². The number of rotatable bonds is 8. The summed E-state index contributed by atoms with van der Waals surface area (Å²) >= 11 is 7.17. The maximum absolute atomic E-state index is 13.1. The molecule has 1 unspecified atom stereocenters. The lowest BCUT2D eigenvalue weighted by Crippen LogP contribution is -2.19. The van der Waals surface area contributed by atoms with Gasteiger partial charge in [0.15, 0.2) is 5.82 Å². The summed E-state index contributed by atoms with van der Waals surface area (Å²) in [5.41, 5.74) is 2.74. The fraction of sp³-hybridized carbons (Fsp3) is 0.125. The van der Waals surface area contributed by atoms with Crippen molar-refractivity contribution in [2.24, 2.45) is 0 Å². The number of benzene rings is 3. The summed E-state index contributed by atoms with van der Waals surface area (Å²) in [4.78, 5) is 17.6. The first kappa shape index (κ1) is 21.9. The molecule has 4 rings (SSSR count). The zero-order valence-electron chi connectivity index (χ0n) is 17.3. The van der Waals surface area contributed by atoms with Crippen molar-refractivity contribution in [1.82, 2.24) is 15.2 Å². The lowest BCUT2D eigenvalue weighted by atomic mass is 10.1. The maximum Gasteiger partial charge on any atom is 0.242 e. The second-order valence-corrected chi connectivity index (χ2v) is 8.58. The molecule has 0 aliphatic rings. The number of carbonyl (C=O) groups excluding carboxylic acids is 1. The lowest BCUT2D eigenvalue weighted by molar-refractivity contribution is -0.115. The number of aryl methyl sites for hydroxylation is 1. The number of amides is 1. The van der Waals surface area contributed by atoms with Crippen LogP contribution in [0.15, 0.2) is 84.0 Å². The van der Waals surface area contributed by atoms with Crippen molar-refractivity contribution in [3.63, 3.8) is 0 Å². The number of ether oxygens (including phenoxy) is 1. The van der Waals surface area contributed by atoms with Gasteiger partial charge in [-0.2, -0.15) is 0 Å². The summed E-state index contributed by atoms with van der Waals surface area (Å²) in [5, 5.41) is 10.7. The van der Waals surface area contributed by atoms with Gasteiger partial charge in [0.1, 0.15) is 17.6 Å². The van der Waals surface area contributed by atoms with E-state index in [-0.39, 0.29) is 12.5 Å². The molecule has 32 heavy (non-hydrogen) atoms. The van der Waals surface area contributed by atoms with Crippen LogP contribution in [0.1, 0.15) is 22.2 Å². The first-order valence-electron chi connectivity index (χ1n) is 9.95. The van der Waals surface area contributed by atoms with E-state index in [0.717, 1.165) is 16.8 Å². The third-order valence-corrected chi connectivity index (χ3v) is 5.95. The van der Waals surface area contributed by atoms with Crippen molar-refractivity contribution in [3.05, 3.63) is 101 Å². The lowest BCUT2D eigenvalue weighted by Gasteiger charge is -2.15. The first-order valence-corrected chi connectivity index (χ1v) is 11.2. The van der Waals surface area contributed by atoms with Crippen molar-refractivity contribution in [1.29, 1.82) is 0 Å². The molecule has 1 heterocycles. The largest absolute Gasteiger partial charge is 0.486 e. The van der Waals surface area contributed by atoms with Gasteiger partial charge in [0.2, 0.25) is 11.1 Å². The van der Waals surface area contributed by atoms with Gasteiger partial charge in [0, 0.05) is 10.7 Å². The Labute approximate surface area is 195 Å². The number of hydrogen-bond donors (Lipinski definition) is 2. The molecule has 0 radical (unpaired) electrons. The zero-order valence-corrected chi connectivity index (χ0v) is 18.9. The summed E-state index contributed by atoms with van der Waals surface area (Å²) in [6.45, 7) is 2.23. The number of aromatic amines is 1. The van der Waals surface area contributed by atoms with Gasteiger partial charge in [-0.1, -0.05) is 71.4 Å². The SMILES string of the molecule is Cc1ccc(NC(=O)C(Sc2n[nH]c(COc3ccc(Cl)cc3)n2)c2ccccc2)cc1. The van der Waals surface area contributed by atoms with Crippen molar-refractivity contribution >= 4 is 35.0 Å². The van der Waals surface area contributed by atoms with Crippen LogP contribution in [0.3, 0.4) is 0 Å². The number of H-pyrrole nitrogens is 1. The highest BCUT2D eigenvalue weighted by molar-refractivity contribution is 8.00. The van der Waals surface area contributed by atoms with Crippen LogP contribution in [0.2, 0.25) is 5.02 Å². The fourth-order valence-electron chi connectivity index (χ4n) is 2.93. The topological polar surface area (TPSA) is 79.9 Å². The molecule has 1 aromatic heterocycles. The van der Waals surface area contributed by atoms with Crippen molar-refractivity contribution in [3.8, 4) is 5.75 Å². The Morgan fingerprint density at radius 2 is 1.78 bits per heavy atom. The zero-order chi connectivity index (χ0) is 22.3. The fourth-order valence-corrected chi connectivity index (χ4v) is 3.99. The molecule has 4 aromatic rings.